The van der Waals surface area contributed by atoms with Gasteiger partial charge in [-0.15, -0.1) is 0 Å². The number of nitrogens with two attached hydrogens (primary N) is 1. The van der Waals surface area contributed by atoms with Gasteiger partial charge < -0.3 is 10.6 Å². The van der Waals surface area contributed by atoms with Crippen LogP contribution in [-0.4, -0.2) is 48.3 Å². The second kappa shape index (κ2) is 10.9. The van der Waals surface area contributed by atoms with Crippen LogP contribution in [0.15, 0.2) is 36.4 Å². The van der Waals surface area contributed by atoms with Crippen LogP contribution >= 0.6 is 0 Å². The van der Waals surface area contributed by atoms with E-state index in [1.165, 1.54) is 32.2 Å². The van der Waals surface area contributed by atoms with Crippen molar-refractivity contribution in [1.82, 2.24) is 9.80 Å². The molecule has 1 aliphatic heterocycles. The summed E-state index contributed by atoms with van der Waals surface area (Å²) in [5.41, 5.74) is 3.30. The molecule has 1 saturated heterocycles. The van der Waals surface area contributed by atoms with Gasteiger partial charge in [0.1, 0.15) is 5.82 Å². The Labute approximate surface area is 215 Å². The zero-order valence-corrected chi connectivity index (χ0v) is 21.0. The van der Waals surface area contributed by atoms with Crippen LogP contribution in [0, 0.1) is 18.7 Å². The molecule has 38 heavy (non-hydrogen) atoms. The molecule has 2 aromatic rings. The van der Waals surface area contributed by atoms with E-state index >= 15 is 0 Å². The number of carbonyl (C=O) groups is 2. The van der Waals surface area contributed by atoms with Crippen LogP contribution in [0.4, 0.5) is 30.7 Å². The summed E-state index contributed by atoms with van der Waals surface area (Å²) in [7, 11) is 1.32. The summed E-state index contributed by atoms with van der Waals surface area (Å²) in [6.07, 6.45) is -9.78. The molecule has 0 spiro atoms. The van der Waals surface area contributed by atoms with E-state index < -0.39 is 59.0 Å². The molecule has 5 nitrogen and oxygen atoms in total. The number of hydrogen-bond donors (Lipinski definition) is 1. The SMILES string of the molecule is Cc1cc(F)ccc1[C@H]1CN(CC(N)=O)CC[C@@H]1C(=O)N(C)[C@@H](C)c1cc(C(F)(F)F)cc(C(F)(F)F)c1. The van der Waals surface area contributed by atoms with Crippen LogP contribution in [0.25, 0.3) is 0 Å². The minimum atomic E-state index is -5.02. The van der Waals surface area contributed by atoms with Gasteiger partial charge in [0, 0.05) is 25.4 Å². The highest BCUT2D eigenvalue weighted by Crippen LogP contribution is 2.40. The third kappa shape index (κ3) is 6.64. The third-order valence-corrected chi connectivity index (χ3v) is 7.05. The molecular weight excluding hydrogens is 519 g/mol. The number of likely N-dealkylation sites (tertiary alicyclic amines) is 1. The Morgan fingerprint density at radius 3 is 2.13 bits per heavy atom. The molecule has 1 fully saturated rings. The number of primary amides is 1. The van der Waals surface area contributed by atoms with E-state index in [4.69, 9.17) is 5.73 Å². The third-order valence-electron chi connectivity index (χ3n) is 7.05. The first kappa shape index (κ1) is 29.4. The molecule has 0 unspecified atom stereocenters. The van der Waals surface area contributed by atoms with Crippen molar-refractivity contribution in [1.29, 1.82) is 0 Å². The smallest absolute Gasteiger partial charge is 0.369 e. The van der Waals surface area contributed by atoms with Crippen molar-refractivity contribution in [2.75, 3.05) is 26.7 Å². The summed E-state index contributed by atoms with van der Waals surface area (Å²) in [6.45, 7) is 3.51. The van der Waals surface area contributed by atoms with Crippen LogP contribution in [0.5, 0.6) is 0 Å². The van der Waals surface area contributed by atoms with Crippen molar-refractivity contribution in [3.63, 3.8) is 0 Å². The number of rotatable bonds is 6. The summed E-state index contributed by atoms with van der Waals surface area (Å²) < 4.78 is 94.0. The highest BCUT2D eigenvalue weighted by molar-refractivity contribution is 5.81. The Morgan fingerprint density at radius 2 is 1.63 bits per heavy atom. The topological polar surface area (TPSA) is 66.6 Å². The Kier molecular flexibility index (Phi) is 8.45. The maximum absolute atomic E-state index is 13.8. The first-order valence-corrected chi connectivity index (χ1v) is 11.8. The molecule has 0 radical (unpaired) electrons. The van der Waals surface area contributed by atoms with Crippen LogP contribution in [-0.2, 0) is 21.9 Å². The van der Waals surface area contributed by atoms with Gasteiger partial charge in [-0.25, -0.2) is 4.39 Å². The number of aryl methyl sites for hydroxylation is 1. The monoisotopic (exact) mass is 547 g/mol. The Hall–Kier alpha value is -3.15. The number of carbonyl (C=O) groups excluding carboxylic acids is 2. The van der Waals surface area contributed by atoms with Gasteiger partial charge in [0.05, 0.1) is 23.7 Å². The number of nitrogens with zero attached hydrogens (tertiary/aromatic N) is 2. The molecule has 3 rings (SSSR count). The lowest BCUT2D eigenvalue weighted by molar-refractivity contribution is -0.143. The molecule has 12 heteroatoms. The molecule has 3 atom stereocenters. The quantitative estimate of drug-likeness (QED) is 0.501. The fraction of sp³-hybridized carbons (Fsp3) is 0.462. The van der Waals surface area contributed by atoms with Crippen molar-refractivity contribution < 1.29 is 40.3 Å². The number of alkyl halides is 6. The molecule has 0 bridgehead atoms. The fourth-order valence-electron chi connectivity index (χ4n) is 4.95. The molecule has 1 aliphatic rings. The van der Waals surface area contributed by atoms with E-state index in [0.717, 1.165) is 4.90 Å². The van der Waals surface area contributed by atoms with Gasteiger partial charge in [0.15, 0.2) is 0 Å². The Bertz CT molecular complexity index is 1160. The first-order valence-electron chi connectivity index (χ1n) is 11.8. The predicted molar refractivity (Wildman–Crippen MR) is 125 cm³/mol. The second-order valence-electron chi connectivity index (χ2n) is 9.67. The van der Waals surface area contributed by atoms with E-state index in [0.29, 0.717) is 29.8 Å². The summed E-state index contributed by atoms with van der Waals surface area (Å²) >= 11 is 0. The average molecular weight is 548 g/mol. The van der Waals surface area contributed by atoms with Gasteiger partial charge in [0.25, 0.3) is 0 Å². The lowest BCUT2D eigenvalue weighted by Gasteiger charge is -2.40. The van der Waals surface area contributed by atoms with Gasteiger partial charge in [-0.2, -0.15) is 26.3 Å². The zero-order valence-electron chi connectivity index (χ0n) is 21.0. The van der Waals surface area contributed by atoms with E-state index in [1.54, 1.807) is 11.8 Å². The Morgan fingerprint density at radius 1 is 1.05 bits per heavy atom. The molecule has 2 amide bonds. The fourth-order valence-corrected chi connectivity index (χ4v) is 4.95. The van der Waals surface area contributed by atoms with Crippen molar-refractivity contribution in [2.24, 2.45) is 11.7 Å². The van der Waals surface area contributed by atoms with E-state index in [1.807, 2.05) is 0 Å². The number of hydrogen-bond acceptors (Lipinski definition) is 3. The summed E-state index contributed by atoms with van der Waals surface area (Å²) in [5.74, 6) is -2.77. The minimum absolute atomic E-state index is 0.0415. The maximum Gasteiger partial charge on any atom is 0.416 e. The van der Waals surface area contributed by atoms with Crippen LogP contribution < -0.4 is 5.73 Å². The van der Waals surface area contributed by atoms with Crippen molar-refractivity contribution in [3.8, 4) is 0 Å². The summed E-state index contributed by atoms with van der Waals surface area (Å²) in [5, 5.41) is 0. The van der Waals surface area contributed by atoms with Crippen molar-refractivity contribution in [2.45, 2.75) is 44.6 Å². The van der Waals surface area contributed by atoms with Gasteiger partial charge in [-0.1, -0.05) is 6.07 Å². The molecule has 1 heterocycles. The van der Waals surface area contributed by atoms with Crippen LogP contribution in [0.3, 0.4) is 0 Å². The standard InChI is InChI=1S/C26H28F7N3O2/c1-14-8-19(27)4-5-20(14)22-12-36(13-23(34)37)7-6-21(22)24(38)35(3)15(2)16-9-17(25(28,29)30)11-18(10-16)26(31,32)33/h4-5,8-11,15,21-22H,6-7,12-13H2,1-3H3,(H2,34,37)/t15-,21-,22+/m0/s1. The lowest BCUT2D eigenvalue weighted by atomic mass is 9.78. The summed E-state index contributed by atoms with van der Waals surface area (Å²) in [4.78, 5) is 28.0. The molecule has 2 N–H and O–H groups in total. The highest BCUT2D eigenvalue weighted by atomic mass is 19.4. The minimum Gasteiger partial charge on any atom is -0.369 e. The van der Waals surface area contributed by atoms with Crippen LogP contribution in [0.1, 0.15) is 53.1 Å². The normalized spacial score (nSPS) is 19.7. The average Bonchev–Trinajstić information content (AvgIpc) is 2.81. The van der Waals surface area contributed by atoms with E-state index in [-0.39, 0.29) is 31.1 Å². The largest absolute Gasteiger partial charge is 0.416 e. The lowest BCUT2D eigenvalue weighted by Crippen LogP contribution is -2.48. The molecule has 208 valence electrons. The molecular formula is C26H28F7N3O2. The van der Waals surface area contributed by atoms with Gasteiger partial charge in [0.2, 0.25) is 11.8 Å². The zero-order chi connectivity index (χ0) is 28.6. The number of halogens is 7. The summed E-state index contributed by atoms with van der Waals surface area (Å²) in [6, 6.07) is 4.23. The van der Waals surface area contributed by atoms with E-state index in [2.05, 4.69) is 0 Å². The predicted octanol–water partition coefficient (Wildman–Crippen LogP) is 5.28. The molecule has 0 aliphatic carbocycles. The highest BCUT2D eigenvalue weighted by Gasteiger charge is 2.40. The Balaban J connectivity index is 1.97. The molecule has 0 saturated carbocycles. The van der Waals surface area contributed by atoms with Crippen LogP contribution in [0.2, 0.25) is 0 Å². The second-order valence-corrected chi connectivity index (χ2v) is 9.67. The molecule has 2 aromatic carbocycles. The number of piperidine rings is 1. The molecule has 0 aromatic heterocycles. The van der Waals surface area contributed by atoms with Gasteiger partial charge in [-0.05, 0) is 73.8 Å². The van der Waals surface area contributed by atoms with Gasteiger partial charge >= 0.3 is 12.4 Å². The number of benzene rings is 2. The van der Waals surface area contributed by atoms with E-state index in [9.17, 15) is 40.3 Å². The van der Waals surface area contributed by atoms with Crippen molar-refractivity contribution >= 4 is 11.8 Å². The number of amides is 2. The first-order chi connectivity index (χ1) is 17.5. The maximum atomic E-state index is 13.8. The van der Waals surface area contributed by atoms with Crippen molar-refractivity contribution in [3.05, 3.63) is 70.0 Å². The van der Waals surface area contributed by atoms with Gasteiger partial charge in [-0.3, -0.25) is 14.5 Å².